The number of amidine groups is 1. The van der Waals surface area contributed by atoms with Gasteiger partial charge in [-0.05, 0) is 0 Å². The Kier molecular flexibility index (Phi) is 0.842. The molecule has 0 aromatic carbocycles. The predicted octanol–water partition coefficient (Wildman–Crippen LogP) is 0.0956. The maximum atomic E-state index is 11.4. The Morgan fingerprint density at radius 2 is 2.42 bits per heavy atom. The zero-order valence-corrected chi connectivity index (χ0v) is 6.63. The molecule has 3 bridgehead atoms. The van der Waals surface area contributed by atoms with Gasteiger partial charge >= 0.3 is 7.82 Å². The zero-order chi connectivity index (χ0) is 8.34. The number of fused-ring (bicyclic) bond motifs is 2. The first-order valence-corrected chi connectivity index (χ1v) is 4.68. The highest BCUT2D eigenvalue weighted by atomic mass is 31.2. The largest absolute Gasteiger partial charge is 0.611 e. The zero-order valence-electron chi connectivity index (χ0n) is 5.73. The van der Waals surface area contributed by atoms with E-state index in [2.05, 4.69) is 5.32 Å². The van der Waals surface area contributed by atoms with Gasteiger partial charge < -0.3 is 14.4 Å². The molecule has 3 aliphatic heterocycles. The first-order valence-electron chi connectivity index (χ1n) is 3.21. The quantitative estimate of drug-likeness (QED) is 0.525. The second-order valence-corrected chi connectivity index (χ2v) is 3.85. The lowest BCUT2D eigenvalue weighted by atomic mass is 10.4. The molecule has 12 heavy (non-hydrogen) atoms. The molecular formula is C4H4N3O4P. The van der Waals surface area contributed by atoms with Crippen LogP contribution in [0.15, 0.2) is 11.6 Å². The van der Waals surface area contributed by atoms with E-state index in [-0.39, 0.29) is 24.1 Å². The van der Waals surface area contributed by atoms with Crippen molar-refractivity contribution in [2.24, 2.45) is 0 Å². The SMILES string of the molecule is N=C1C2=C3NCN1OP(=O)(O3)O2. The number of hydrogen-bond donors (Lipinski definition) is 2. The van der Waals surface area contributed by atoms with Crippen molar-refractivity contribution in [1.82, 2.24) is 10.4 Å². The Morgan fingerprint density at radius 3 is 3.25 bits per heavy atom. The number of hydroxylamine groups is 2. The molecule has 0 saturated carbocycles. The topological polar surface area (TPSA) is 83.9 Å². The van der Waals surface area contributed by atoms with Gasteiger partial charge in [-0.15, -0.1) is 4.62 Å². The smallest absolute Gasteiger partial charge is 0.384 e. The molecule has 0 aromatic heterocycles. The predicted molar refractivity (Wildman–Crippen MR) is 35.5 cm³/mol. The van der Waals surface area contributed by atoms with Gasteiger partial charge in [0.05, 0.1) is 0 Å². The standard InChI is InChI=1S/C4H4N3O4P/c5-3-2-4-6-1-7(3)11-12(8,9-2)10-4/h5-6H,1H2. The van der Waals surface area contributed by atoms with E-state index in [0.29, 0.717) is 0 Å². The summed E-state index contributed by atoms with van der Waals surface area (Å²) in [5.74, 6) is 0.431. The third-order valence-corrected chi connectivity index (χ3v) is 2.87. The molecule has 0 spiro atoms. The third kappa shape index (κ3) is 0.564. The minimum absolute atomic E-state index is 0.0349. The summed E-state index contributed by atoms with van der Waals surface area (Å²) in [4.78, 5) is 0. The molecule has 3 heterocycles. The fourth-order valence-electron chi connectivity index (χ4n) is 1.15. The van der Waals surface area contributed by atoms with Gasteiger partial charge in [-0.1, -0.05) is 0 Å². The number of rotatable bonds is 0. The minimum atomic E-state index is -3.46. The van der Waals surface area contributed by atoms with Crippen molar-refractivity contribution in [3.05, 3.63) is 11.6 Å². The minimum Gasteiger partial charge on any atom is -0.384 e. The van der Waals surface area contributed by atoms with E-state index in [1.54, 1.807) is 0 Å². The van der Waals surface area contributed by atoms with Crippen LogP contribution in [0.25, 0.3) is 0 Å². The van der Waals surface area contributed by atoms with Gasteiger partial charge in [0.15, 0.2) is 5.84 Å². The highest BCUT2D eigenvalue weighted by molar-refractivity contribution is 7.49. The average molecular weight is 189 g/mol. The maximum absolute atomic E-state index is 11.4. The summed E-state index contributed by atoms with van der Waals surface area (Å²) < 4.78 is 25.8. The van der Waals surface area contributed by atoms with Crippen molar-refractivity contribution in [3.63, 3.8) is 0 Å². The maximum Gasteiger partial charge on any atom is 0.611 e. The van der Waals surface area contributed by atoms with Gasteiger partial charge in [0.25, 0.3) is 0 Å². The first kappa shape index (κ1) is 6.33. The molecule has 2 N–H and O–H groups in total. The van der Waals surface area contributed by atoms with Crippen LogP contribution in [0, 0.1) is 5.41 Å². The fraction of sp³-hybridized carbons (Fsp3) is 0.250. The molecule has 1 saturated heterocycles. The number of phosphoric ester groups is 1. The molecule has 8 heteroatoms. The van der Waals surface area contributed by atoms with E-state index < -0.39 is 7.82 Å². The molecule has 0 aliphatic carbocycles. The monoisotopic (exact) mass is 189 g/mol. The van der Waals surface area contributed by atoms with Gasteiger partial charge in [0.2, 0.25) is 11.6 Å². The number of hydrogen-bond acceptors (Lipinski definition) is 6. The van der Waals surface area contributed by atoms with Crippen molar-refractivity contribution in [2.45, 2.75) is 0 Å². The van der Waals surface area contributed by atoms with Crippen LogP contribution in [0.2, 0.25) is 0 Å². The van der Waals surface area contributed by atoms with E-state index in [1.165, 1.54) is 0 Å². The van der Waals surface area contributed by atoms with E-state index in [4.69, 9.17) is 19.1 Å². The van der Waals surface area contributed by atoms with Crippen LogP contribution in [-0.2, 0) is 18.2 Å². The van der Waals surface area contributed by atoms with Crippen molar-refractivity contribution in [1.29, 1.82) is 5.41 Å². The highest BCUT2D eigenvalue weighted by Crippen LogP contribution is 2.62. The second-order valence-electron chi connectivity index (χ2n) is 2.43. The van der Waals surface area contributed by atoms with Crippen LogP contribution in [-0.4, -0.2) is 17.6 Å². The van der Waals surface area contributed by atoms with Gasteiger partial charge in [-0.25, -0.2) is 9.63 Å². The Hall–Kier alpha value is -1.20. The molecule has 1 atom stereocenters. The average Bonchev–Trinajstić information content (AvgIpc) is 2.18. The number of nitrogens with zero attached hydrogens (tertiary/aromatic N) is 1. The molecule has 64 valence electrons. The van der Waals surface area contributed by atoms with Crippen LogP contribution in [0.3, 0.4) is 0 Å². The van der Waals surface area contributed by atoms with Crippen molar-refractivity contribution < 1.29 is 18.2 Å². The van der Waals surface area contributed by atoms with Gasteiger partial charge in [-0.2, -0.15) is 0 Å². The lowest BCUT2D eigenvalue weighted by molar-refractivity contribution is -0.0230. The molecule has 7 nitrogen and oxygen atoms in total. The fourth-order valence-corrected chi connectivity index (χ4v) is 2.40. The van der Waals surface area contributed by atoms with Crippen LogP contribution in [0.1, 0.15) is 0 Å². The summed E-state index contributed by atoms with van der Waals surface area (Å²) >= 11 is 0. The Bertz CT molecular complexity index is 363. The van der Waals surface area contributed by atoms with Crippen molar-refractivity contribution in [3.8, 4) is 0 Å². The van der Waals surface area contributed by atoms with Gasteiger partial charge in [0.1, 0.15) is 6.67 Å². The van der Waals surface area contributed by atoms with E-state index in [9.17, 15) is 4.57 Å². The van der Waals surface area contributed by atoms with Crippen LogP contribution in [0.5, 0.6) is 0 Å². The second kappa shape index (κ2) is 1.60. The normalized spacial score (nSPS) is 36.3. The van der Waals surface area contributed by atoms with E-state index >= 15 is 0 Å². The van der Waals surface area contributed by atoms with Crippen LogP contribution in [0.4, 0.5) is 0 Å². The van der Waals surface area contributed by atoms with Crippen LogP contribution >= 0.6 is 7.82 Å². The summed E-state index contributed by atoms with van der Waals surface area (Å²) in [7, 11) is -3.46. The first-order chi connectivity index (χ1) is 5.68. The van der Waals surface area contributed by atoms with Crippen molar-refractivity contribution in [2.75, 3.05) is 6.67 Å². The summed E-state index contributed by atoms with van der Waals surface area (Å²) in [5.41, 5.74) is 0. The molecule has 1 fully saturated rings. The Labute approximate surface area is 67.0 Å². The number of nitrogens with one attached hydrogen (secondary N) is 2. The van der Waals surface area contributed by atoms with Crippen molar-refractivity contribution >= 4 is 13.7 Å². The molecule has 1 unspecified atom stereocenters. The molecule has 3 aliphatic rings. The van der Waals surface area contributed by atoms with Crippen LogP contribution < -0.4 is 5.32 Å². The van der Waals surface area contributed by atoms with Gasteiger partial charge in [0, 0.05) is 0 Å². The summed E-state index contributed by atoms with van der Waals surface area (Å²) in [6.45, 7) is 0.255. The lowest BCUT2D eigenvalue weighted by Crippen LogP contribution is -2.43. The third-order valence-electron chi connectivity index (χ3n) is 1.66. The molecule has 0 radical (unpaired) electrons. The summed E-state index contributed by atoms with van der Waals surface area (Å²) in [6, 6.07) is 0. The van der Waals surface area contributed by atoms with E-state index in [1.807, 2.05) is 0 Å². The van der Waals surface area contributed by atoms with Gasteiger partial charge in [-0.3, -0.25) is 5.41 Å². The molecular weight excluding hydrogens is 185 g/mol. The lowest BCUT2D eigenvalue weighted by Gasteiger charge is -2.28. The molecule has 0 amide bonds. The molecule has 0 aromatic rings. The molecule has 3 rings (SSSR count). The highest BCUT2D eigenvalue weighted by Gasteiger charge is 2.53. The number of phosphoric acid groups is 1. The summed E-state index contributed by atoms with van der Waals surface area (Å²) in [5, 5.41) is 11.3. The Balaban J connectivity index is 2.22. The van der Waals surface area contributed by atoms with E-state index in [0.717, 1.165) is 5.06 Å². The summed E-state index contributed by atoms with van der Waals surface area (Å²) in [6.07, 6.45) is 0. The Morgan fingerprint density at radius 1 is 1.58 bits per heavy atom.